The van der Waals surface area contributed by atoms with Crippen molar-refractivity contribution in [3.63, 3.8) is 0 Å². The molecule has 1 saturated carbocycles. The van der Waals surface area contributed by atoms with Crippen LogP contribution in [0.2, 0.25) is 0 Å². The van der Waals surface area contributed by atoms with Crippen LogP contribution < -0.4 is 5.73 Å². The van der Waals surface area contributed by atoms with Gasteiger partial charge in [0.05, 0.1) is 0 Å². The molecule has 2 heteroatoms. The van der Waals surface area contributed by atoms with Gasteiger partial charge < -0.3 is 5.73 Å². The Hall–Kier alpha value is -0.0800. The first-order valence-corrected chi connectivity index (χ1v) is 9.13. The Morgan fingerprint density at radius 3 is 1.90 bits per heavy atom. The van der Waals surface area contributed by atoms with E-state index in [1.165, 1.54) is 83.6 Å². The van der Waals surface area contributed by atoms with Gasteiger partial charge in [0.15, 0.2) is 0 Å². The van der Waals surface area contributed by atoms with Gasteiger partial charge in [-0.1, -0.05) is 51.4 Å². The lowest BCUT2D eigenvalue weighted by Gasteiger charge is -2.41. The molecule has 1 heterocycles. The highest BCUT2D eigenvalue weighted by atomic mass is 15.2. The van der Waals surface area contributed by atoms with Crippen LogP contribution in [0.1, 0.15) is 90.9 Å². The predicted molar refractivity (Wildman–Crippen MR) is 88.0 cm³/mol. The summed E-state index contributed by atoms with van der Waals surface area (Å²) in [6, 6.07) is 1.03. The van der Waals surface area contributed by atoms with E-state index < -0.39 is 0 Å². The van der Waals surface area contributed by atoms with Gasteiger partial charge in [0.2, 0.25) is 0 Å². The molecule has 0 aromatic heterocycles. The molecule has 20 heavy (non-hydrogen) atoms. The summed E-state index contributed by atoms with van der Waals surface area (Å²) < 4.78 is 0. The summed E-state index contributed by atoms with van der Waals surface area (Å²) in [4.78, 5) is 2.75. The highest BCUT2D eigenvalue weighted by molar-refractivity contribution is 4.95. The number of nitrogens with zero attached hydrogens (tertiary/aromatic N) is 1. The average Bonchev–Trinajstić information content (AvgIpc) is 2.73. The van der Waals surface area contributed by atoms with E-state index in [1.807, 2.05) is 0 Å². The summed E-state index contributed by atoms with van der Waals surface area (Å²) >= 11 is 0. The number of rotatable bonds is 1. The van der Waals surface area contributed by atoms with E-state index in [4.69, 9.17) is 5.73 Å². The Labute approximate surface area is 126 Å². The van der Waals surface area contributed by atoms with Crippen molar-refractivity contribution in [2.24, 2.45) is 5.73 Å². The van der Waals surface area contributed by atoms with Gasteiger partial charge in [0.1, 0.15) is 0 Å². The molecule has 0 bridgehead atoms. The molecule has 2 nitrogen and oxygen atoms in total. The minimum atomic E-state index is 0.374. The van der Waals surface area contributed by atoms with E-state index in [-0.39, 0.29) is 0 Å². The van der Waals surface area contributed by atoms with Gasteiger partial charge in [0, 0.05) is 17.6 Å². The zero-order valence-corrected chi connectivity index (χ0v) is 13.9. The SMILES string of the molecule is CC1(C)CCCN1C1CCCCCCCCCCC1N. The summed E-state index contributed by atoms with van der Waals surface area (Å²) in [5.74, 6) is 0. The van der Waals surface area contributed by atoms with Crippen LogP contribution >= 0.6 is 0 Å². The Balaban J connectivity index is 1.97. The molecule has 2 aliphatic rings. The highest BCUT2D eigenvalue weighted by Crippen LogP contribution is 2.33. The minimum absolute atomic E-state index is 0.374. The summed E-state index contributed by atoms with van der Waals surface area (Å²) in [6.07, 6.45) is 16.5. The molecular weight excluding hydrogens is 244 g/mol. The van der Waals surface area contributed by atoms with Gasteiger partial charge in [-0.3, -0.25) is 4.90 Å². The molecule has 0 spiro atoms. The van der Waals surface area contributed by atoms with Crippen molar-refractivity contribution in [2.75, 3.05) is 6.54 Å². The molecule has 118 valence electrons. The van der Waals surface area contributed by atoms with Crippen molar-refractivity contribution < 1.29 is 0 Å². The van der Waals surface area contributed by atoms with Crippen molar-refractivity contribution in [1.29, 1.82) is 0 Å². The maximum absolute atomic E-state index is 6.62. The third-order valence-electron chi connectivity index (χ3n) is 5.65. The first-order chi connectivity index (χ1) is 9.61. The molecule has 2 fully saturated rings. The fourth-order valence-electron chi connectivity index (χ4n) is 4.33. The Bertz CT molecular complexity index is 275. The first-order valence-electron chi connectivity index (χ1n) is 9.13. The number of nitrogens with two attached hydrogens (primary N) is 1. The molecular formula is C18H36N2. The second-order valence-corrected chi connectivity index (χ2v) is 7.75. The maximum atomic E-state index is 6.62. The van der Waals surface area contributed by atoms with Crippen LogP contribution in [-0.4, -0.2) is 29.1 Å². The lowest BCUT2D eigenvalue weighted by Crippen LogP contribution is -2.53. The zero-order valence-electron chi connectivity index (χ0n) is 13.9. The first kappa shape index (κ1) is 16.3. The quantitative estimate of drug-likeness (QED) is 0.768. The molecule has 1 aliphatic carbocycles. The summed E-state index contributed by atoms with van der Waals surface area (Å²) in [5, 5.41) is 0. The van der Waals surface area contributed by atoms with Gasteiger partial charge in [-0.15, -0.1) is 0 Å². The zero-order chi connectivity index (χ0) is 14.4. The smallest absolute Gasteiger partial charge is 0.0252 e. The van der Waals surface area contributed by atoms with Crippen LogP contribution in [0.4, 0.5) is 0 Å². The monoisotopic (exact) mass is 280 g/mol. The summed E-state index contributed by atoms with van der Waals surface area (Å²) in [7, 11) is 0. The molecule has 0 aromatic rings. The fourth-order valence-corrected chi connectivity index (χ4v) is 4.33. The normalized spacial score (nSPS) is 34.4. The third-order valence-corrected chi connectivity index (χ3v) is 5.65. The highest BCUT2D eigenvalue weighted by Gasteiger charge is 2.38. The van der Waals surface area contributed by atoms with Gasteiger partial charge in [-0.25, -0.2) is 0 Å². The molecule has 2 N–H and O–H groups in total. The van der Waals surface area contributed by atoms with Crippen molar-refractivity contribution in [2.45, 2.75) is 109 Å². The molecule has 0 aromatic carbocycles. The number of likely N-dealkylation sites (tertiary alicyclic amines) is 1. The van der Waals surface area contributed by atoms with Crippen LogP contribution in [0.15, 0.2) is 0 Å². The van der Waals surface area contributed by atoms with E-state index in [0.29, 0.717) is 17.6 Å². The molecule has 2 atom stereocenters. The van der Waals surface area contributed by atoms with E-state index in [2.05, 4.69) is 18.7 Å². The van der Waals surface area contributed by atoms with E-state index >= 15 is 0 Å². The van der Waals surface area contributed by atoms with Crippen LogP contribution in [0.5, 0.6) is 0 Å². The van der Waals surface area contributed by atoms with Gasteiger partial charge in [-0.2, -0.15) is 0 Å². The van der Waals surface area contributed by atoms with E-state index in [9.17, 15) is 0 Å². The Morgan fingerprint density at radius 2 is 1.35 bits per heavy atom. The summed E-state index contributed by atoms with van der Waals surface area (Å²) in [6.45, 7) is 6.11. The van der Waals surface area contributed by atoms with Crippen molar-refractivity contribution >= 4 is 0 Å². The Kier molecular flexibility index (Phi) is 6.35. The van der Waals surface area contributed by atoms with Crippen LogP contribution in [0.3, 0.4) is 0 Å². The minimum Gasteiger partial charge on any atom is -0.326 e. The molecule has 0 radical (unpaired) electrons. The van der Waals surface area contributed by atoms with Gasteiger partial charge in [0.25, 0.3) is 0 Å². The van der Waals surface area contributed by atoms with Crippen molar-refractivity contribution in [3.05, 3.63) is 0 Å². The van der Waals surface area contributed by atoms with E-state index in [1.54, 1.807) is 0 Å². The van der Waals surface area contributed by atoms with Crippen molar-refractivity contribution in [1.82, 2.24) is 4.90 Å². The second-order valence-electron chi connectivity index (χ2n) is 7.75. The third kappa shape index (κ3) is 4.46. The molecule has 2 unspecified atom stereocenters. The van der Waals surface area contributed by atoms with Crippen LogP contribution in [-0.2, 0) is 0 Å². The van der Waals surface area contributed by atoms with Gasteiger partial charge >= 0.3 is 0 Å². The second kappa shape index (κ2) is 7.79. The van der Waals surface area contributed by atoms with Crippen molar-refractivity contribution in [3.8, 4) is 0 Å². The Morgan fingerprint density at radius 1 is 0.800 bits per heavy atom. The predicted octanol–water partition coefficient (Wildman–Crippen LogP) is 4.47. The lowest BCUT2D eigenvalue weighted by atomic mass is 9.91. The molecule has 1 saturated heterocycles. The summed E-state index contributed by atoms with van der Waals surface area (Å²) in [5.41, 5.74) is 6.99. The van der Waals surface area contributed by atoms with E-state index in [0.717, 1.165) is 0 Å². The van der Waals surface area contributed by atoms with Crippen LogP contribution in [0.25, 0.3) is 0 Å². The topological polar surface area (TPSA) is 29.3 Å². The van der Waals surface area contributed by atoms with Gasteiger partial charge in [-0.05, 0) is 46.1 Å². The number of hydrogen-bond donors (Lipinski definition) is 1. The maximum Gasteiger partial charge on any atom is 0.0252 e. The molecule has 0 amide bonds. The molecule has 1 aliphatic heterocycles. The lowest BCUT2D eigenvalue weighted by molar-refractivity contribution is 0.0870. The molecule has 2 rings (SSSR count). The number of hydrogen-bond acceptors (Lipinski definition) is 2. The fraction of sp³-hybridized carbons (Fsp3) is 1.00. The average molecular weight is 280 g/mol. The standard InChI is InChI=1S/C18H36N2/c1-18(2)14-11-15-20(18)17-13-10-8-6-4-3-5-7-9-12-16(17)19/h16-17H,3-15,19H2,1-2H3. The largest absolute Gasteiger partial charge is 0.326 e. The van der Waals surface area contributed by atoms with Crippen LogP contribution in [0, 0.1) is 0 Å².